The van der Waals surface area contributed by atoms with Crippen LogP contribution in [0, 0.1) is 11.7 Å². The second kappa shape index (κ2) is 3.89. The Kier molecular flexibility index (Phi) is 2.80. The molecule has 0 aromatic heterocycles. The molecule has 1 heterocycles. The molecule has 0 N–H and O–H groups in total. The molecule has 0 saturated carbocycles. The van der Waals surface area contributed by atoms with Gasteiger partial charge in [-0.2, -0.15) is 11.8 Å². The van der Waals surface area contributed by atoms with Gasteiger partial charge >= 0.3 is 0 Å². The van der Waals surface area contributed by atoms with Crippen molar-refractivity contribution in [2.45, 2.75) is 6.42 Å². The van der Waals surface area contributed by atoms with Crippen molar-refractivity contribution in [3.8, 4) is 0 Å². The molecule has 0 radical (unpaired) electrons. The van der Waals surface area contributed by atoms with Crippen LogP contribution >= 0.6 is 23.4 Å². The van der Waals surface area contributed by atoms with Gasteiger partial charge in [-0.25, -0.2) is 4.39 Å². The van der Waals surface area contributed by atoms with E-state index >= 15 is 0 Å². The monoisotopic (exact) mass is 216 g/mol. The average Bonchev–Trinajstić information content (AvgIpc) is 2.04. The van der Waals surface area contributed by atoms with Crippen molar-refractivity contribution in [1.29, 1.82) is 0 Å². The summed E-state index contributed by atoms with van der Waals surface area (Å²) in [7, 11) is 0. The summed E-state index contributed by atoms with van der Waals surface area (Å²) < 4.78 is 12.8. The number of rotatable bonds is 2. The van der Waals surface area contributed by atoms with Gasteiger partial charge in [0, 0.05) is 0 Å². The second-order valence-corrected chi connectivity index (χ2v) is 4.84. The van der Waals surface area contributed by atoms with Gasteiger partial charge in [0.15, 0.2) is 0 Å². The lowest BCUT2D eigenvalue weighted by Gasteiger charge is -2.24. The smallest absolute Gasteiger partial charge is 0.141 e. The molecule has 2 rings (SSSR count). The summed E-state index contributed by atoms with van der Waals surface area (Å²) >= 11 is 7.64. The van der Waals surface area contributed by atoms with Gasteiger partial charge in [-0.15, -0.1) is 0 Å². The van der Waals surface area contributed by atoms with Crippen LogP contribution in [0.2, 0.25) is 5.02 Å². The van der Waals surface area contributed by atoms with Gasteiger partial charge < -0.3 is 0 Å². The van der Waals surface area contributed by atoms with Crippen molar-refractivity contribution >= 4 is 23.4 Å². The van der Waals surface area contributed by atoms with Gasteiger partial charge in [0.25, 0.3) is 0 Å². The molecular weight excluding hydrogens is 207 g/mol. The fourth-order valence-electron chi connectivity index (χ4n) is 1.40. The van der Waals surface area contributed by atoms with Crippen LogP contribution in [-0.2, 0) is 6.42 Å². The average molecular weight is 217 g/mol. The van der Waals surface area contributed by atoms with E-state index < -0.39 is 0 Å². The molecule has 1 saturated heterocycles. The zero-order valence-electron chi connectivity index (χ0n) is 7.09. The molecule has 0 spiro atoms. The lowest BCUT2D eigenvalue weighted by molar-refractivity contribution is 0.618. The maximum Gasteiger partial charge on any atom is 0.141 e. The molecule has 1 aromatic carbocycles. The van der Waals surface area contributed by atoms with Crippen LogP contribution in [0.5, 0.6) is 0 Å². The lowest BCUT2D eigenvalue weighted by Crippen LogP contribution is -2.20. The molecule has 1 fully saturated rings. The van der Waals surface area contributed by atoms with Crippen LogP contribution in [0.25, 0.3) is 0 Å². The van der Waals surface area contributed by atoms with Crippen LogP contribution in [0.4, 0.5) is 4.39 Å². The van der Waals surface area contributed by atoms with Crippen LogP contribution in [-0.4, -0.2) is 11.5 Å². The van der Waals surface area contributed by atoms with Crippen LogP contribution in [0.3, 0.4) is 0 Å². The Balaban J connectivity index is 2.07. The highest BCUT2D eigenvalue weighted by Crippen LogP contribution is 2.28. The first-order valence-corrected chi connectivity index (χ1v) is 5.80. The number of hydrogen-bond acceptors (Lipinski definition) is 1. The summed E-state index contributed by atoms with van der Waals surface area (Å²) in [6.45, 7) is 0. The van der Waals surface area contributed by atoms with E-state index in [1.807, 2.05) is 17.8 Å². The lowest BCUT2D eigenvalue weighted by atomic mass is 10.0. The normalized spacial score (nSPS) is 17.1. The fourth-order valence-corrected chi connectivity index (χ4v) is 2.41. The zero-order chi connectivity index (χ0) is 9.26. The molecule has 1 aliphatic heterocycles. The van der Waals surface area contributed by atoms with E-state index in [0.29, 0.717) is 0 Å². The van der Waals surface area contributed by atoms with Crippen molar-refractivity contribution in [2.75, 3.05) is 11.5 Å². The van der Waals surface area contributed by atoms with Gasteiger partial charge in [-0.05, 0) is 41.5 Å². The van der Waals surface area contributed by atoms with E-state index in [0.717, 1.165) is 17.9 Å². The fraction of sp³-hybridized carbons (Fsp3) is 0.400. The van der Waals surface area contributed by atoms with Crippen molar-refractivity contribution in [3.63, 3.8) is 0 Å². The topological polar surface area (TPSA) is 0 Å². The number of halogens is 2. The molecule has 1 aromatic rings. The van der Waals surface area contributed by atoms with Gasteiger partial charge in [-0.3, -0.25) is 0 Å². The van der Waals surface area contributed by atoms with Crippen molar-refractivity contribution in [1.82, 2.24) is 0 Å². The first-order chi connectivity index (χ1) is 6.25. The molecule has 0 nitrogen and oxygen atoms in total. The number of thioether (sulfide) groups is 1. The van der Waals surface area contributed by atoms with E-state index in [4.69, 9.17) is 11.6 Å². The molecule has 0 atom stereocenters. The molecule has 0 bridgehead atoms. The largest absolute Gasteiger partial charge is 0.205 e. The van der Waals surface area contributed by atoms with Gasteiger partial charge in [0.1, 0.15) is 5.82 Å². The molecule has 3 heteroatoms. The summed E-state index contributed by atoms with van der Waals surface area (Å²) in [6.07, 6.45) is 1.03. The molecular formula is C10H10ClFS. The number of hydrogen-bond donors (Lipinski definition) is 0. The van der Waals surface area contributed by atoms with Gasteiger partial charge in [-0.1, -0.05) is 17.7 Å². The van der Waals surface area contributed by atoms with Crippen molar-refractivity contribution in [2.24, 2.45) is 5.92 Å². The standard InChI is InChI=1S/C10H10ClFS/c11-9-4-7(1-2-10(9)12)3-8-5-13-6-8/h1-2,4,8H,3,5-6H2. The van der Waals surface area contributed by atoms with Crippen LogP contribution in [0.1, 0.15) is 5.56 Å². The highest BCUT2D eigenvalue weighted by molar-refractivity contribution is 8.00. The van der Waals surface area contributed by atoms with Gasteiger partial charge in [0.2, 0.25) is 0 Å². The summed E-state index contributed by atoms with van der Waals surface area (Å²) in [4.78, 5) is 0. The Bertz CT molecular complexity index is 310. The highest BCUT2D eigenvalue weighted by Gasteiger charge is 2.18. The molecule has 70 valence electrons. The maximum absolute atomic E-state index is 12.8. The molecule has 13 heavy (non-hydrogen) atoms. The maximum atomic E-state index is 12.8. The number of benzene rings is 1. The summed E-state index contributed by atoms with van der Waals surface area (Å²) in [5, 5.41) is 0.240. The van der Waals surface area contributed by atoms with Crippen molar-refractivity contribution in [3.05, 3.63) is 34.6 Å². The van der Waals surface area contributed by atoms with Gasteiger partial charge in [0.05, 0.1) is 5.02 Å². The first kappa shape index (κ1) is 9.35. The summed E-state index contributed by atoms with van der Waals surface area (Å²) in [6, 6.07) is 5.01. The van der Waals surface area contributed by atoms with E-state index in [-0.39, 0.29) is 10.8 Å². The third-order valence-electron chi connectivity index (χ3n) is 2.22. The summed E-state index contributed by atoms with van der Waals surface area (Å²) in [5.41, 5.74) is 1.15. The second-order valence-electron chi connectivity index (χ2n) is 3.36. The molecule has 0 unspecified atom stereocenters. The minimum absolute atomic E-state index is 0.240. The Morgan fingerprint density at radius 3 is 2.77 bits per heavy atom. The summed E-state index contributed by atoms with van der Waals surface area (Å²) in [5.74, 6) is 2.91. The molecule has 0 amide bonds. The zero-order valence-corrected chi connectivity index (χ0v) is 8.67. The van der Waals surface area contributed by atoms with E-state index in [2.05, 4.69) is 0 Å². The third kappa shape index (κ3) is 2.18. The van der Waals surface area contributed by atoms with E-state index in [9.17, 15) is 4.39 Å². The van der Waals surface area contributed by atoms with Crippen LogP contribution < -0.4 is 0 Å². The Labute approximate surface area is 86.5 Å². The highest BCUT2D eigenvalue weighted by atomic mass is 35.5. The van der Waals surface area contributed by atoms with Crippen molar-refractivity contribution < 1.29 is 4.39 Å². The van der Waals surface area contributed by atoms with Crippen LogP contribution in [0.15, 0.2) is 18.2 Å². The minimum atomic E-state index is -0.326. The van der Waals surface area contributed by atoms with E-state index in [1.54, 1.807) is 6.07 Å². The first-order valence-electron chi connectivity index (χ1n) is 4.27. The third-order valence-corrected chi connectivity index (χ3v) is 3.92. The predicted molar refractivity (Wildman–Crippen MR) is 55.9 cm³/mol. The quantitative estimate of drug-likeness (QED) is 0.731. The predicted octanol–water partition coefficient (Wildman–Crippen LogP) is 3.38. The van der Waals surface area contributed by atoms with E-state index in [1.165, 1.54) is 17.6 Å². The Hall–Kier alpha value is -0.210. The molecule has 1 aliphatic rings. The minimum Gasteiger partial charge on any atom is -0.205 e. The molecule has 0 aliphatic carbocycles. The Morgan fingerprint density at radius 1 is 1.46 bits per heavy atom. The Morgan fingerprint density at radius 2 is 2.23 bits per heavy atom. The SMILES string of the molecule is Fc1ccc(CC2CSC2)cc1Cl.